The summed E-state index contributed by atoms with van der Waals surface area (Å²) in [6.45, 7) is 5.71. The van der Waals surface area contributed by atoms with E-state index >= 15 is 0 Å². The van der Waals surface area contributed by atoms with Gasteiger partial charge in [-0.15, -0.1) is 0 Å². The lowest BCUT2D eigenvalue weighted by Crippen LogP contribution is -2.37. The van der Waals surface area contributed by atoms with Crippen LogP contribution in [0.2, 0.25) is 0 Å². The minimum absolute atomic E-state index is 0.113. The highest BCUT2D eigenvalue weighted by Crippen LogP contribution is 2.41. The third-order valence-corrected chi connectivity index (χ3v) is 3.33. The van der Waals surface area contributed by atoms with E-state index in [0.717, 1.165) is 6.07 Å². The topological polar surface area (TPSA) is 35.5 Å². The number of hydrogen-bond donors (Lipinski definition) is 2. The average molecular weight is 284 g/mol. The predicted octanol–water partition coefficient (Wildman–Crippen LogP) is 2.49. The molecule has 1 aromatic rings. The van der Waals surface area contributed by atoms with E-state index in [1.807, 2.05) is 19.0 Å². The van der Waals surface area contributed by atoms with E-state index in [-0.39, 0.29) is 5.56 Å². The van der Waals surface area contributed by atoms with Crippen LogP contribution in [-0.4, -0.2) is 32.8 Å². The zero-order chi connectivity index (χ0) is 15.5. The van der Waals surface area contributed by atoms with Gasteiger partial charge >= 0.3 is 0 Å². The van der Waals surface area contributed by atoms with E-state index in [1.54, 1.807) is 14.0 Å². The van der Waals surface area contributed by atoms with Gasteiger partial charge in [0.25, 0.3) is 0 Å². The molecule has 1 aliphatic heterocycles. The van der Waals surface area contributed by atoms with E-state index in [0.29, 0.717) is 24.2 Å². The van der Waals surface area contributed by atoms with E-state index < -0.39 is 17.2 Å². The van der Waals surface area contributed by atoms with Gasteiger partial charge < -0.3 is 15.3 Å². The van der Waals surface area contributed by atoms with Crippen LogP contribution in [0.25, 0.3) is 6.08 Å². The van der Waals surface area contributed by atoms with Gasteiger partial charge in [-0.25, -0.2) is 8.78 Å². The number of aliphatic hydroxyl groups is 1. The van der Waals surface area contributed by atoms with E-state index in [9.17, 15) is 13.9 Å². The summed E-state index contributed by atoms with van der Waals surface area (Å²) in [5.74, 6) is -1.86. The van der Waals surface area contributed by atoms with Crippen LogP contribution in [0.1, 0.15) is 24.5 Å². The molecular weight excluding hydrogens is 262 g/mol. The quantitative estimate of drug-likeness (QED) is 0.831. The van der Waals surface area contributed by atoms with Crippen LogP contribution in [0.4, 0.5) is 14.5 Å². The van der Waals surface area contributed by atoms with Crippen molar-refractivity contribution in [2.24, 2.45) is 0 Å². The van der Waals surface area contributed by atoms with Crippen molar-refractivity contribution >= 4 is 11.8 Å². The van der Waals surface area contributed by atoms with Crippen LogP contribution in [0.3, 0.4) is 0 Å². The molecule has 2 rings (SSSR count). The zero-order valence-electron chi connectivity index (χ0n) is 12.4. The molecule has 1 heterocycles. The molecule has 0 aromatic heterocycles. The van der Waals surface area contributed by atoms with Gasteiger partial charge in [0.2, 0.25) is 0 Å². The highest BCUT2D eigenvalue weighted by atomic mass is 19.2. The lowest BCUT2D eigenvalue weighted by atomic mass is 9.85. The second-order valence-electron chi connectivity index (χ2n) is 5.13. The summed E-state index contributed by atoms with van der Waals surface area (Å²) in [7, 11) is 5.54. The third kappa shape index (κ3) is 2.99. The summed E-state index contributed by atoms with van der Waals surface area (Å²) in [6.07, 6.45) is 1.77. The highest BCUT2D eigenvalue weighted by Gasteiger charge is 2.35. The van der Waals surface area contributed by atoms with Crippen LogP contribution in [0.15, 0.2) is 12.6 Å². The van der Waals surface area contributed by atoms with Crippen molar-refractivity contribution in [2.75, 3.05) is 32.6 Å². The fraction of sp³-hybridized carbons (Fsp3) is 0.467. The molecule has 20 heavy (non-hydrogen) atoms. The number of nitrogens with one attached hydrogen (secondary N) is 1. The van der Waals surface area contributed by atoms with Crippen LogP contribution in [0.5, 0.6) is 0 Å². The molecule has 0 amide bonds. The standard InChI is InChI=1S/C13H15F2NO.C2H7N/c1-4-8-11(15)10(14)7-9-12(8)16(3)6-5-13(9,2)17;1-3-2/h4,7,17H,1,5-6H2,2-3H3;3H,1-2H3. The minimum atomic E-state index is -1.13. The van der Waals surface area contributed by atoms with Crippen molar-refractivity contribution in [1.82, 2.24) is 5.32 Å². The number of fused-ring (bicyclic) bond motifs is 1. The molecule has 3 nitrogen and oxygen atoms in total. The number of rotatable bonds is 1. The lowest BCUT2D eigenvalue weighted by molar-refractivity contribution is 0.0456. The van der Waals surface area contributed by atoms with Gasteiger partial charge in [-0.05, 0) is 33.5 Å². The lowest BCUT2D eigenvalue weighted by Gasteiger charge is -2.38. The number of halogens is 2. The Morgan fingerprint density at radius 1 is 1.45 bits per heavy atom. The van der Waals surface area contributed by atoms with Crippen molar-refractivity contribution in [3.63, 3.8) is 0 Å². The monoisotopic (exact) mass is 284 g/mol. The van der Waals surface area contributed by atoms with Crippen LogP contribution < -0.4 is 10.2 Å². The fourth-order valence-electron chi connectivity index (χ4n) is 2.28. The minimum Gasteiger partial charge on any atom is -0.385 e. The smallest absolute Gasteiger partial charge is 0.168 e. The predicted molar refractivity (Wildman–Crippen MR) is 78.9 cm³/mol. The molecule has 0 spiro atoms. The summed E-state index contributed by atoms with van der Waals surface area (Å²) < 4.78 is 27.1. The molecular formula is C15H22F2N2O. The Hall–Kier alpha value is -1.46. The molecule has 0 radical (unpaired) electrons. The second kappa shape index (κ2) is 6.33. The Balaban J connectivity index is 0.000000612. The number of hydrogen-bond acceptors (Lipinski definition) is 3. The summed E-state index contributed by atoms with van der Waals surface area (Å²) in [5.41, 5.74) is -0.0774. The third-order valence-electron chi connectivity index (χ3n) is 3.33. The van der Waals surface area contributed by atoms with Crippen LogP contribution in [-0.2, 0) is 5.60 Å². The molecule has 1 unspecified atom stereocenters. The normalized spacial score (nSPS) is 20.9. The Morgan fingerprint density at radius 3 is 2.50 bits per heavy atom. The molecule has 0 bridgehead atoms. The molecule has 0 fully saturated rings. The average Bonchev–Trinajstić information content (AvgIpc) is 2.38. The van der Waals surface area contributed by atoms with Gasteiger partial charge in [-0.2, -0.15) is 0 Å². The molecule has 112 valence electrons. The summed E-state index contributed by atoms with van der Waals surface area (Å²) in [5, 5.41) is 13.0. The van der Waals surface area contributed by atoms with Gasteiger partial charge in [-0.3, -0.25) is 0 Å². The number of anilines is 1. The summed E-state index contributed by atoms with van der Waals surface area (Å²) in [4.78, 5) is 1.81. The number of nitrogens with zero attached hydrogens (tertiary/aromatic N) is 1. The molecule has 1 aliphatic rings. The maximum atomic E-state index is 13.7. The summed E-state index contributed by atoms with van der Waals surface area (Å²) in [6, 6.07) is 1.08. The van der Waals surface area contributed by atoms with Crippen molar-refractivity contribution in [3.8, 4) is 0 Å². The Labute approximate surface area is 118 Å². The SMILES string of the molecule is C=Cc1c(F)c(F)cc2c1N(C)CCC2(C)O.CNC. The maximum Gasteiger partial charge on any atom is 0.168 e. The van der Waals surface area contributed by atoms with Crippen molar-refractivity contribution in [1.29, 1.82) is 0 Å². The van der Waals surface area contributed by atoms with Gasteiger partial charge in [0.15, 0.2) is 11.6 Å². The Bertz CT molecular complexity index is 501. The first-order chi connectivity index (χ1) is 9.30. The Morgan fingerprint density at radius 2 is 2.00 bits per heavy atom. The molecule has 0 aliphatic carbocycles. The molecule has 5 heteroatoms. The fourth-order valence-corrected chi connectivity index (χ4v) is 2.28. The molecule has 0 saturated carbocycles. The zero-order valence-corrected chi connectivity index (χ0v) is 12.4. The Kier molecular flexibility index (Phi) is 5.25. The van der Waals surface area contributed by atoms with Crippen molar-refractivity contribution < 1.29 is 13.9 Å². The number of benzene rings is 1. The van der Waals surface area contributed by atoms with E-state index in [1.165, 1.54) is 6.08 Å². The van der Waals surface area contributed by atoms with Gasteiger partial charge in [0.1, 0.15) is 0 Å². The van der Waals surface area contributed by atoms with Crippen molar-refractivity contribution in [2.45, 2.75) is 18.9 Å². The maximum absolute atomic E-state index is 13.7. The molecule has 2 N–H and O–H groups in total. The largest absolute Gasteiger partial charge is 0.385 e. The first-order valence-electron chi connectivity index (χ1n) is 6.47. The van der Waals surface area contributed by atoms with E-state index in [4.69, 9.17) is 0 Å². The van der Waals surface area contributed by atoms with E-state index in [2.05, 4.69) is 11.9 Å². The molecule has 1 aromatic carbocycles. The molecule has 0 saturated heterocycles. The van der Waals surface area contributed by atoms with Crippen LogP contribution >= 0.6 is 0 Å². The van der Waals surface area contributed by atoms with Gasteiger partial charge in [0.05, 0.1) is 11.3 Å². The van der Waals surface area contributed by atoms with Crippen LogP contribution in [0, 0.1) is 11.6 Å². The van der Waals surface area contributed by atoms with Crippen molar-refractivity contribution in [3.05, 3.63) is 35.4 Å². The highest BCUT2D eigenvalue weighted by molar-refractivity contribution is 5.73. The summed E-state index contributed by atoms with van der Waals surface area (Å²) >= 11 is 0. The van der Waals surface area contributed by atoms with Gasteiger partial charge in [-0.1, -0.05) is 12.7 Å². The first-order valence-corrected chi connectivity index (χ1v) is 6.47. The second-order valence-corrected chi connectivity index (χ2v) is 5.13. The molecule has 1 atom stereocenters. The first kappa shape index (κ1) is 16.6. The van der Waals surface area contributed by atoms with Gasteiger partial charge in [0, 0.05) is 24.7 Å².